The van der Waals surface area contributed by atoms with E-state index in [1.807, 2.05) is 43.0 Å². The van der Waals surface area contributed by atoms with Gasteiger partial charge in [0.25, 0.3) is 5.91 Å². The monoisotopic (exact) mass is 380 g/mol. The summed E-state index contributed by atoms with van der Waals surface area (Å²) >= 11 is 0. The van der Waals surface area contributed by atoms with Crippen molar-refractivity contribution in [1.82, 2.24) is 19.5 Å². The maximum atomic E-state index is 13.4. The number of aryl methyl sites for hydroxylation is 2. The van der Waals surface area contributed by atoms with Gasteiger partial charge in [0.2, 0.25) is 0 Å². The predicted octanol–water partition coefficient (Wildman–Crippen LogP) is 3.17. The van der Waals surface area contributed by atoms with Crippen molar-refractivity contribution in [2.45, 2.75) is 39.3 Å². The van der Waals surface area contributed by atoms with Crippen molar-refractivity contribution in [2.24, 2.45) is 0 Å². The molecule has 1 aliphatic carbocycles. The van der Waals surface area contributed by atoms with E-state index in [4.69, 9.17) is 9.47 Å². The minimum absolute atomic E-state index is 0.0348. The van der Waals surface area contributed by atoms with Gasteiger partial charge in [-0.2, -0.15) is 5.10 Å². The fourth-order valence-corrected chi connectivity index (χ4v) is 3.47. The third kappa shape index (κ3) is 3.28. The second kappa shape index (κ2) is 7.14. The maximum Gasteiger partial charge on any atom is 0.257 e. The fraction of sp³-hybridized carbons (Fsp3) is 0.381. The van der Waals surface area contributed by atoms with Gasteiger partial charge in [-0.25, -0.2) is 9.50 Å². The molecule has 1 saturated carbocycles. The van der Waals surface area contributed by atoms with Crippen molar-refractivity contribution < 1.29 is 14.3 Å². The van der Waals surface area contributed by atoms with Gasteiger partial charge in [0.1, 0.15) is 11.5 Å². The number of methoxy groups -OCH3 is 2. The smallest absolute Gasteiger partial charge is 0.257 e. The molecule has 0 saturated heterocycles. The summed E-state index contributed by atoms with van der Waals surface area (Å²) in [5.41, 5.74) is 3.92. The summed E-state index contributed by atoms with van der Waals surface area (Å²) in [5.74, 6) is 1.45. The SMILES string of the molecule is COc1ccc(OC)c(CN(C(=O)c2cnc3cc(C)nn3c2C)C2CC2)c1. The zero-order valence-electron chi connectivity index (χ0n) is 16.6. The summed E-state index contributed by atoms with van der Waals surface area (Å²) in [6.07, 6.45) is 3.67. The first-order valence-corrected chi connectivity index (χ1v) is 9.35. The van der Waals surface area contributed by atoms with E-state index in [-0.39, 0.29) is 11.9 Å². The predicted molar refractivity (Wildman–Crippen MR) is 105 cm³/mol. The first-order chi connectivity index (χ1) is 13.5. The number of carbonyl (C=O) groups is 1. The topological polar surface area (TPSA) is 69.0 Å². The summed E-state index contributed by atoms with van der Waals surface area (Å²) in [6, 6.07) is 7.79. The van der Waals surface area contributed by atoms with Gasteiger partial charge in [-0.05, 0) is 44.9 Å². The van der Waals surface area contributed by atoms with E-state index in [1.54, 1.807) is 24.9 Å². The highest BCUT2D eigenvalue weighted by Crippen LogP contribution is 2.33. The van der Waals surface area contributed by atoms with Crippen LogP contribution in [0.4, 0.5) is 0 Å². The second-order valence-corrected chi connectivity index (χ2v) is 7.16. The Labute approximate surface area is 163 Å². The van der Waals surface area contributed by atoms with Crippen LogP contribution in [-0.4, -0.2) is 45.7 Å². The molecule has 7 heteroatoms. The quantitative estimate of drug-likeness (QED) is 0.657. The average molecular weight is 380 g/mol. The molecule has 0 unspecified atom stereocenters. The molecule has 1 aliphatic rings. The number of carbonyl (C=O) groups excluding carboxylic acids is 1. The molecule has 2 heterocycles. The number of rotatable bonds is 6. The summed E-state index contributed by atoms with van der Waals surface area (Å²) in [4.78, 5) is 19.8. The number of hydrogen-bond donors (Lipinski definition) is 0. The third-order valence-corrected chi connectivity index (χ3v) is 5.15. The lowest BCUT2D eigenvalue weighted by Gasteiger charge is -2.24. The molecule has 28 heavy (non-hydrogen) atoms. The van der Waals surface area contributed by atoms with Gasteiger partial charge in [-0.3, -0.25) is 4.79 Å². The van der Waals surface area contributed by atoms with Gasteiger partial charge in [0.05, 0.1) is 37.7 Å². The summed E-state index contributed by atoms with van der Waals surface area (Å²) < 4.78 is 12.6. The van der Waals surface area contributed by atoms with Crippen LogP contribution >= 0.6 is 0 Å². The lowest BCUT2D eigenvalue weighted by Crippen LogP contribution is -2.33. The number of hydrogen-bond acceptors (Lipinski definition) is 5. The van der Waals surface area contributed by atoms with Gasteiger partial charge in [-0.15, -0.1) is 0 Å². The van der Waals surface area contributed by atoms with Crippen molar-refractivity contribution in [1.29, 1.82) is 0 Å². The van der Waals surface area contributed by atoms with Crippen LogP contribution in [0.5, 0.6) is 11.5 Å². The Balaban J connectivity index is 1.69. The van der Waals surface area contributed by atoms with Gasteiger partial charge >= 0.3 is 0 Å². The van der Waals surface area contributed by atoms with E-state index in [2.05, 4.69) is 10.1 Å². The molecule has 1 amide bonds. The molecular weight excluding hydrogens is 356 g/mol. The Bertz CT molecular complexity index is 1040. The molecule has 0 bridgehead atoms. The van der Waals surface area contributed by atoms with Gasteiger partial charge in [0, 0.05) is 23.9 Å². The zero-order chi connectivity index (χ0) is 19.8. The van der Waals surface area contributed by atoms with E-state index < -0.39 is 0 Å². The number of fused-ring (bicyclic) bond motifs is 1. The van der Waals surface area contributed by atoms with E-state index in [0.29, 0.717) is 12.1 Å². The van der Waals surface area contributed by atoms with Crippen molar-refractivity contribution in [3.05, 3.63) is 53.0 Å². The van der Waals surface area contributed by atoms with Crippen LogP contribution in [0.2, 0.25) is 0 Å². The zero-order valence-corrected chi connectivity index (χ0v) is 16.6. The minimum Gasteiger partial charge on any atom is -0.497 e. The maximum absolute atomic E-state index is 13.4. The highest BCUT2D eigenvalue weighted by molar-refractivity contribution is 5.95. The van der Waals surface area contributed by atoms with Crippen molar-refractivity contribution in [3.63, 3.8) is 0 Å². The Morgan fingerprint density at radius 2 is 2.00 bits per heavy atom. The molecule has 0 spiro atoms. The molecular formula is C21H24N4O3. The normalized spacial score (nSPS) is 13.6. The molecule has 0 N–H and O–H groups in total. The highest BCUT2D eigenvalue weighted by atomic mass is 16.5. The molecule has 2 aromatic heterocycles. The standard InChI is InChI=1S/C21H24N4O3/c1-13-9-20-22-11-18(14(2)25(20)23-13)21(26)24(16-5-6-16)12-15-10-17(27-3)7-8-19(15)28-4/h7-11,16H,5-6,12H2,1-4H3. The van der Waals surface area contributed by atoms with Crippen LogP contribution in [0.25, 0.3) is 5.65 Å². The number of amides is 1. The number of benzene rings is 1. The number of ether oxygens (including phenoxy) is 2. The van der Waals surface area contributed by atoms with Crippen molar-refractivity contribution in [2.75, 3.05) is 14.2 Å². The van der Waals surface area contributed by atoms with E-state index in [9.17, 15) is 4.79 Å². The molecule has 0 radical (unpaired) electrons. The van der Waals surface area contributed by atoms with E-state index in [0.717, 1.165) is 46.9 Å². The Hall–Kier alpha value is -3.09. The summed E-state index contributed by atoms with van der Waals surface area (Å²) in [7, 11) is 3.27. The lowest BCUT2D eigenvalue weighted by atomic mass is 10.1. The largest absolute Gasteiger partial charge is 0.497 e. The second-order valence-electron chi connectivity index (χ2n) is 7.16. The molecule has 146 valence electrons. The van der Waals surface area contributed by atoms with Crippen LogP contribution in [-0.2, 0) is 6.54 Å². The lowest BCUT2D eigenvalue weighted by molar-refractivity contribution is 0.0726. The van der Waals surface area contributed by atoms with Gasteiger partial charge in [-0.1, -0.05) is 0 Å². The van der Waals surface area contributed by atoms with Crippen LogP contribution in [0, 0.1) is 13.8 Å². The first-order valence-electron chi connectivity index (χ1n) is 9.35. The molecule has 0 atom stereocenters. The Kier molecular flexibility index (Phi) is 4.66. The summed E-state index contributed by atoms with van der Waals surface area (Å²) in [5, 5.41) is 4.46. The van der Waals surface area contributed by atoms with Crippen LogP contribution in [0.15, 0.2) is 30.5 Å². The van der Waals surface area contributed by atoms with Gasteiger partial charge in [0.15, 0.2) is 5.65 Å². The van der Waals surface area contributed by atoms with Crippen LogP contribution in [0.1, 0.15) is 40.2 Å². The van der Waals surface area contributed by atoms with E-state index >= 15 is 0 Å². The molecule has 4 rings (SSSR count). The Morgan fingerprint density at radius 3 is 2.68 bits per heavy atom. The first kappa shape index (κ1) is 18.3. The molecule has 3 aromatic rings. The van der Waals surface area contributed by atoms with Crippen molar-refractivity contribution in [3.8, 4) is 11.5 Å². The van der Waals surface area contributed by atoms with Gasteiger partial charge < -0.3 is 14.4 Å². The Morgan fingerprint density at radius 1 is 1.21 bits per heavy atom. The minimum atomic E-state index is -0.0348. The van der Waals surface area contributed by atoms with Crippen molar-refractivity contribution >= 4 is 11.6 Å². The number of aromatic nitrogens is 3. The average Bonchev–Trinajstić information content (AvgIpc) is 3.46. The van der Waals surface area contributed by atoms with E-state index in [1.165, 1.54) is 0 Å². The summed E-state index contributed by atoms with van der Waals surface area (Å²) in [6.45, 7) is 4.28. The molecule has 7 nitrogen and oxygen atoms in total. The molecule has 1 aromatic carbocycles. The molecule has 0 aliphatic heterocycles. The highest BCUT2D eigenvalue weighted by Gasteiger charge is 2.34. The molecule has 1 fully saturated rings. The fourth-order valence-electron chi connectivity index (χ4n) is 3.47. The van der Waals surface area contributed by atoms with Crippen LogP contribution < -0.4 is 9.47 Å². The van der Waals surface area contributed by atoms with Crippen LogP contribution in [0.3, 0.4) is 0 Å². The third-order valence-electron chi connectivity index (χ3n) is 5.15. The number of nitrogens with zero attached hydrogens (tertiary/aromatic N) is 4.